The highest BCUT2D eigenvalue weighted by atomic mass is 16.5. The third kappa shape index (κ3) is 3.73. The van der Waals surface area contributed by atoms with Crippen molar-refractivity contribution in [3.8, 4) is 5.88 Å². The SMILES string of the molecule is COCCCn1cc2cc(C(=O)OC)c(OC(C)C)nc2n1. The molecule has 0 aliphatic carbocycles. The molecule has 2 rings (SSSR count). The normalized spacial score (nSPS) is 11.1. The number of hydrogen-bond acceptors (Lipinski definition) is 6. The van der Waals surface area contributed by atoms with Gasteiger partial charge in [0.05, 0.1) is 13.2 Å². The van der Waals surface area contributed by atoms with Crippen molar-refractivity contribution in [1.29, 1.82) is 0 Å². The highest BCUT2D eigenvalue weighted by molar-refractivity contribution is 5.95. The summed E-state index contributed by atoms with van der Waals surface area (Å²) >= 11 is 0. The molecule has 2 heterocycles. The van der Waals surface area contributed by atoms with E-state index in [2.05, 4.69) is 10.1 Å². The van der Waals surface area contributed by atoms with Gasteiger partial charge in [-0.05, 0) is 26.3 Å². The average Bonchev–Trinajstić information content (AvgIpc) is 2.87. The third-order valence-electron chi connectivity index (χ3n) is 3.00. The summed E-state index contributed by atoms with van der Waals surface area (Å²) in [6.07, 6.45) is 2.60. The van der Waals surface area contributed by atoms with Crippen molar-refractivity contribution in [2.75, 3.05) is 20.8 Å². The van der Waals surface area contributed by atoms with E-state index in [1.54, 1.807) is 17.9 Å². The second-order valence-electron chi connectivity index (χ2n) is 5.15. The van der Waals surface area contributed by atoms with Crippen LogP contribution in [0.25, 0.3) is 11.0 Å². The molecule has 0 aromatic carbocycles. The van der Waals surface area contributed by atoms with Gasteiger partial charge in [-0.25, -0.2) is 4.79 Å². The van der Waals surface area contributed by atoms with Crippen molar-refractivity contribution in [2.24, 2.45) is 0 Å². The molecule has 0 aliphatic heterocycles. The van der Waals surface area contributed by atoms with Gasteiger partial charge in [0.1, 0.15) is 5.56 Å². The molecule has 7 nitrogen and oxygen atoms in total. The molecule has 2 aromatic rings. The van der Waals surface area contributed by atoms with E-state index in [4.69, 9.17) is 14.2 Å². The summed E-state index contributed by atoms with van der Waals surface area (Å²) in [6, 6.07) is 1.70. The second kappa shape index (κ2) is 7.22. The van der Waals surface area contributed by atoms with E-state index in [0.717, 1.165) is 18.4 Å². The molecule has 120 valence electrons. The molecule has 0 radical (unpaired) electrons. The lowest BCUT2D eigenvalue weighted by atomic mass is 10.2. The molecule has 0 fully saturated rings. The maximum absolute atomic E-state index is 11.9. The summed E-state index contributed by atoms with van der Waals surface area (Å²) in [4.78, 5) is 16.2. The first-order chi connectivity index (χ1) is 10.5. The van der Waals surface area contributed by atoms with Crippen molar-refractivity contribution in [3.63, 3.8) is 0 Å². The monoisotopic (exact) mass is 307 g/mol. The Labute approximate surface area is 129 Å². The highest BCUT2D eigenvalue weighted by Crippen LogP contribution is 2.23. The van der Waals surface area contributed by atoms with Gasteiger partial charge in [-0.15, -0.1) is 0 Å². The first kappa shape index (κ1) is 16.2. The highest BCUT2D eigenvalue weighted by Gasteiger charge is 2.18. The predicted molar refractivity (Wildman–Crippen MR) is 81.1 cm³/mol. The molecule has 0 unspecified atom stereocenters. The summed E-state index contributed by atoms with van der Waals surface area (Å²) < 4.78 is 17.2. The number of carbonyl (C=O) groups excluding carboxylic acids is 1. The molecule has 22 heavy (non-hydrogen) atoms. The molecular formula is C15H21N3O4. The van der Waals surface area contributed by atoms with Gasteiger partial charge in [0.2, 0.25) is 5.88 Å². The van der Waals surface area contributed by atoms with Crippen LogP contribution in [-0.4, -0.2) is 47.7 Å². The number of carbonyl (C=O) groups is 1. The zero-order valence-electron chi connectivity index (χ0n) is 13.3. The van der Waals surface area contributed by atoms with Crippen LogP contribution < -0.4 is 4.74 Å². The van der Waals surface area contributed by atoms with Crippen molar-refractivity contribution in [3.05, 3.63) is 17.8 Å². The number of esters is 1. The smallest absolute Gasteiger partial charge is 0.343 e. The Bertz CT molecular complexity index is 652. The molecule has 0 atom stereocenters. The fourth-order valence-electron chi connectivity index (χ4n) is 2.04. The van der Waals surface area contributed by atoms with Crippen LogP contribution in [0.5, 0.6) is 5.88 Å². The van der Waals surface area contributed by atoms with E-state index in [-0.39, 0.29) is 12.0 Å². The largest absolute Gasteiger partial charge is 0.474 e. The molecule has 2 aromatic heterocycles. The number of fused-ring (bicyclic) bond motifs is 1. The Morgan fingerprint density at radius 3 is 2.77 bits per heavy atom. The molecule has 0 saturated carbocycles. The van der Waals surface area contributed by atoms with Crippen LogP contribution in [0.3, 0.4) is 0 Å². The number of pyridine rings is 1. The molecule has 0 spiro atoms. The van der Waals surface area contributed by atoms with Crippen LogP contribution in [0.15, 0.2) is 12.3 Å². The standard InChI is InChI=1S/C15H21N3O4/c1-10(2)22-14-12(15(19)21-4)8-11-9-18(6-5-7-20-3)17-13(11)16-14/h8-10H,5-7H2,1-4H3. The van der Waals surface area contributed by atoms with Crippen LogP contribution in [0, 0.1) is 0 Å². The van der Waals surface area contributed by atoms with Crippen molar-refractivity contribution < 1.29 is 19.0 Å². The predicted octanol–water partition coefficient (Wildman–Crippen LogP) is 2.04. The van der Waals surface area contributed by atoms with E-state index in [0.29, 0.717) is 17.8 Å². The van der Waals surface area contributed by atoms with Gasteiger partial charge >= 0.3 is 5.97 Å². The minimum absolute atomic E-state index is 0.0999. The van der Waals surface area contributed by atoms with Crippen LogP contribution in [0.4, 0.5) is 0 Å². The van der Waals surface area contributed by atoms with Crippen molar-refractivity contribution >= 4 is 17.0 Å². The number of aryl methyl sites for hydroxylation is 1. The number of hydrogen-bond donors (Lipinski definition) is 0. The first-order valence-corrected chi connectivity index (χ1v) is 7.17. The van der Waals surface area contributed by atoms with Crippen LogP contribution in [0.1, 0.15) is 30.6 Å². The Hall–Kier alpha value is -2.15. The van der Waals surface area contributed by atoms with E-state index < -0.39 is 5.97 Å². The third-order valence-corrected chi connectivity index (χ3v) is 3.00. The first-order valence-electron chi connectivity index (χ1n) is 7.17. The van der Waals surface area contributed by atoms with Gasteiger partial charge in [0, 0.05) is 31.8 Å². The topological polar surface area (TPSA) is 75.5 Å². The Balaban J connectivity index is 2.36. The van der Waals surface area contributed by atoms with Crippen LogP contribution in [-0.2, 0) is 16.0 Å². The number of methoxy groups -OCH3 is 2. The van der Waals surface area contributed by atoms with Gasteiger partial charge < -0.3 is 14.2 Å². The zero-order chi connectivity index (χ0) is 16.1. The Morgan fingerprint density at radius 2 is 2.14 bits per heavy atom. The summed E-state index contributed by atoms with van der Waals surface area (Å²) in [6.45, 7) is 5.13. The van der Waals surface area contributed by atoms with Gasteiger partial charge in [-0.1, -0.05) is 0 Å². The molecule has 0 amide bonds. The van der Waals surface area contributed by atoms with E-state index in [1.165, 1.54) is 7.11 Å². The summed E-state index contributed by atoms with van der Waals surface area (Å²) in [5, 5.41) is 5.17. The second-order valence-corrected chi connectivity index (χ2v) is 5.15. The molecule has 0 aliphatic rings. The Morgan fingerprint density at radius 1 is 1.36 bits per heavy atom. The summed E-state index contributed by atoms with van der Waals surface area (Å²) in [5.41, 5.74) is 0.848. The molecule has 0 N–H and O–H groups in total. The number of nitrogens with zero attached hydrogens (tertiary/aromatic N) is 3. The van der Waals surface area contributed by atoms with E-state index in [9.17, 15) is 4.79 Å². The minimum atomic E-state index is -0.475. The number of rotatable bonds is 7. The maximum atomic E-state index is 11.9. The van der Waals surface area contributed by atoms with Crippen molar-refractivity contribution in [2.45, 2.75) is 32.9 Å². The lowest BCUT2D eigenvalue weighted by Crippen LogP contribution is -2.12. The summed E-state index contributed by atoms with van der Waals surface area (Å²) in [7, 11) is 3.00. The number of ether oxygens (including phenoxy) is 3. The van der Waals surface area contributed by atoms with Crippen LogP contribution in [0.2, 0.25) is 0 Å². The van der Waals surface area contributed by atoms with Crippen molar-refractivity contribution in [1.82, 2.24) is 14.8 Å². The van der Waals surface area contributed by atoms with Gasteiger partial charge in [0.15, 0.2) is 5.65 Å². The molecule has 0 saturated heterocycles. The van der Waals surface area contributed by atoms with Crippen LogP contribution >= 0.6 is 0 Å². The number of aromatic nitrogens is 3. The van der Waals surface area contributed by atoms with Gasteiger partial charge in [-0.3, -0.25) is 4.68 Å². The Kier molecular flexibility index (Phi) is 5.32. The quantitative estimate of drug-likeness (QED) is 0.575. The summed E-state index contributed by atoms with van der Waals surface area (Å²) in [5.74, 6) is -0.228. The fraction of sp³-hybridized carbons (Fsp3) is 0.533. The van der Waals surface area contributed by atoms with Gasteiger partial charge in [-0.2, -0.15) is 10.1 Å². The molecule has 0 bridgehead atoms. The zero-order valence-corrected chi connectivity index (χ0v) is 13.3. The average molecular weight is 307 g/mol. The lowest BCUT2D eigenvalue weighted by molar-refractivity contribution is 0.0593. The minimum Gasteiger partial charge on any atom is -0.474 e. The van der Waals surface area contributed by atoms with Gasteiger partial charge in [0.25, 0.3) is 0 Å². The molecular weight excluding hydrogens is 286 g/mol. The fourth-order valence-corrected chi connectivity index (χ4v) is 2.04. The lowest BCUT2D eigenvalue weighted by Gasteiger charge is -2.11. The molecule has 7 heteroatoms. The van der Waals surface area contributed by atoms with E-state index in [1.807, 2.05) is 20.0 Å². The van der Waals surface area contributed by atoms with E-state index >= 15 is 0 Å². The maximum Gasteiger partial charge on any atom is 0.343 e.